The number of para-hydroxylation sites is 5. The highest BCUT2D eigenvalue weighted by Crippen LogP contribution is 2.46. The highest BCUT2D eigenvalue weighted by Gasteiger charge is 2.23. The van der Waals surface area contributed by atoms with Crippen LogP contribution in [0.15, 0.2) is 189 Å². The Bertz CT molecular complexity index is 3470. The fourth-order valence-corrected chi connectivity index (χ4v) is 8.38. The first-order valence-corrected chi connectivity index (χ1v) is 18.9. The molecule has 12 aromatic rings. The van der Waals surface area contributed by atoms with Crippen molar-refractivity contribution in [2.24, 2.45) is 0 Å². The van der Waals surface area contributed by atoms with E-state index >= 15 is 0 Å². The summed E-state index contributed by atoms with van der Waals surface area (Å²) in [5.41, 5.74) is 11.4. The van der Waals surface area contributed by atoms with Gasteiger partial charge in [-0.3, -0.25) is 0 Å². The molecule has 4 heterocycles. The molecule has 0 radical (unpaired) electrons. The first-order valence-electron chi connectivity index (χ1n) is 18.9. The fraction of sp³-hybridized carbons (Fsp3) is 0. The van der Waals surface area contributed by atoms with Gasteiger partial charge in [-0.25, -0.2) is 15.0 Å². The van der Waals surface area contributed by atoms with Gasteiger partial charge in [-0.2, -0.15) is 0 Å². The van der Waals surface area contributed by atoms with Crippen molar-refractivity contribution in [2.45, 2.75) is 0 Å². The third-order valence-corrected chi connectivity index (χ3v) is 11.0. The second-order valence-electron chi connectivity index (χ2n) is 14.2. The minimum absolute atomic E-state index is 0.543. The van der Waals surface area contributed by atoms with Gasteiger partial charge in [0.25, 0.3) is 0 Å². The molecule has 57 heavy (non-hydrogen) atoms. The lowest BCUT2D eigenvalue weighted by Crippen LogP contribution is -2.00. The molecule has 0 bridgehead atoms. The second-order valence-corrected chi connectivity index (χ2v) is 14.2. The standard InChI is InChI=1S/C51H29N3O3/c1-3-14-30(15-4-1)49-52-50(31-16-5-2-6-17-31)54-51(53-49)41-27-12-26-39-38-25-11-24-37(47(38)57-48(39)41)36-23-10-22-35-34-21-9-20-33(45(34)56-46(35)36)32-19-13-29-43-44(32)40-18-7-8-28-42(40)55-43/h1-29H. The number of aromatic nitrogens is 3. The third-order valence-electron chi connectivity index (χ3n) is 11.0. The lowest BCUT2D eigenvalue weighted by atomic mass is 9.97. The van der Waals surface area contributed by atoms with Crippen molar-refractivity contribution in [3.05, 3.63) is 176 Å². The van der Waals surface area contributed by atoms with Crippen molar-refractivity contribution in [1.29, 1.82) is 0 Å². The van der Waals surface area contributed by atoms with Crippen LogP contribution in [0.3, 0.4) is 0 Å². The topological polar surface area (TPSA) is 78.1 Å². The number of furan rings is 3. The van der Waals surface area contributed by atoms with Crippen molar-refractivity contribution in [3.8, 4) is 56.4 Å². The maximum Gasteiger partial charge on any atom is 0.167 e. The molecule has 0 aliphatic heterocycles. The van der Waals surface area contributed by atoms with Crippen LogP contribution in [-0.2, 0) is 0 Å². The quantitative estimate of drug-likeness (QED) is 0.175. The fourth-order valence-electron chi connectivity index (χ4n) is 8.38. The summed E-state index contributed by atoms with van der Waals surface area (Å²) in [6.07, 6.45) is 0. The van der Waals surface area contributed by atoms with Crippen molar-refractivity contribution < 1.29 is 13.3 Å². The molecular weight excluding hydrogens is 703 g/mol. The van der Waals surface area contributed by atoms with E-state index in [0.717, 1.165) is 99.2 Å². The van der Waals surface area contributed by atoms with Crippen LogP contribution in [0.25, 0.3) is 122 Å². The van der Waals surface area contributed by atoms with Crippen LogP contribution in [0, 0.1) is 0 Å². The molecule has 0 N–H and O–H groups in total. The summed E-state index contributed by atoms with van der Waals surface area (Å²) in [6.45, 7) is 0. The summed E-state index contributed by atoms with van der Waals surface area (Å²) >= 11 is 0. The van der Waals surface area contributed by atoms with Crippen molar-refractivity contribution in [1.82, 2.24) is 15.0 Å². The SMILES string of the molecule is c1ccc(-c2nc(-c3ccccc3)nc(-c3cccc4c3oc3c(-c5cccc6c5oc5c(-c7cccc8oc9ccccc9c78)cccc56)cccc34)n2)cc1. The predicted molar refractivity (Wildman–Crippen MR) is 229 cm³/mol. The van der Waals surface area contributed by atoms with Gasteiger partial charge >= 0.3 is 0 Å². The molecule has 8 aromatic carbocycles. The Labute approximate surface area is 325 Å². The van der Waals surface area contributed by atoms with E-state index in [1.165, 1.54) is 0 Å². The average Bonchev–Trinajstić information content (AvgIpc) is 3.98. The van der Waals surface area contributed by atoms with E-state index in [9.17, 15) is 0 Å². The lowest BCUT2D eigenvalue weighted by Gasteiger charge is -2.08. The molecule has 0 saturated carbocycles. The van der Waals surface area contributed by atoms with Gasteiger partial charge < -0.3 is 13.3 Å². The zero-order chi connectivity index (χ0) is 37.5. The minimum Gasteiger partial charge on any atom is -0.456 e. The summed E-state index contributed by atoms with van der Waals surface area (Å²) in [5, 5.41) is 6.22. The van der Waals surface area contributed by atoms with E-state index < -0.39 is 0 Å². The Morgan fingerprint density at radius 2 is 0.649 bits per heavy atom. The van der Waals surface area contributed by atoms with Gasteiger partial charge in [0.1, 0.15) is 33.5 Å². The zero-order valence-corrected chi connectivity index (χ0v) is 30.3. The van der Waals surface area contributed by atoms with Crippen LogP contribution in [0.5, 0.6) is 0 Å². The van der Waals surface area contributed by atoms with E-state index in [4.69, 9.17) is 28.2 Å². The molecule has 0 unspecified atom stereocenters. The highest BCUT2D eigenvalue weighted by molar-refractivity contribution is 6.20. The smallest absolute Gasteiger partial charge is 0.167 e. The van der Waals surface area contributed by atoms with E-state index in [1.54, 1.807) is 0 Å². The van der Waals surface area contributed by atoms with Crippen LogP contribution >= 0.6 is 0 Å². The Balaban J connectivity index is 1.06. The number of hydrogen-bond acceptors (Lipinski definition) is 6. The molecule has 0 atom stereocenters. The molecule has 0 aliphatic carbocycles. The molecule has 266 valence electrons. The molecule has 0 amide bonds. The van der Waals surface area contributed by atoms with E-state index in [1.807, 2.05) is 97.1 Å². The van der Waals surface area contributed by atoms with Gasteiger partial charge in [0, 0.05) is 60.1 Å². The van der Waals surface area contributed by atoms with Crippen LogP contribution in [0.4, 0.5) is 0 Å². The first kappa shape index (κ1) is 31.5. The Morgan fingerprint density at radius 1 is 0.263 bits per heavy atom. The maximum absolute atomic E-state index is 6.99. The van der Waals surface area contributed by atoms with E-state index in [2.05, 4.69) is 78.9 Å². The number of fused-ring (bicyclic) bond motifs is 9. The molecule has 6 heteroatoms. The third kappa shape index (κ3) is 4.87. The highest BCUT2D eigenvalue weighted by atomic mass is 16.3. The van der Waals surface area contributed by atoms with Crippen molar-refractivity contribution in [3.63, 3.8) is 0 Å². The summed E-state index contributed by atoms with van der Waals surface area (Å²) in [7, 11) is 0. The van der Waals surface area contributed by atoms with Gasteiger partial charge in [0.2, 0.25) is 0 Å². The van der Waals surface area contributed by atoms with Crippen molar-refractivity contribution in [2.75, 3.05) is 0 Å². The number of benzene rings is 8. The largest absolute Gasteiger partial charge is 0.456 e. The first-order chi connectivity index (χ1) is 28.3. The van der Waals surface area contributed by atoms with Crippen LogP contribution in [0.2, 0.25) is 0 Å². The number of rotatable bonds is 5. The van der Waals surface area contributed by atoms with Gasteiger partial charge in [-0.15, -0.1) is 0 Å². The molecule has 0 aliphatic rings. The normalized spacial score (nSPS) is 11.9. The van der Waals surface area contributed by atoms with Gasteiger partial charge in [0.15, 0.2) is 17.5 Å². The average molecular weight is 732 g/mol. The summed E-state index contributed by atoms with van der Waals surface area (Å²) in [4.78, 5) is 15.0. The van der Waals surface area contributed by atoms with Crippen molar-refractivity contribution >= 4 is 65.8 Å². The Kier molecular flexibility index (Phi) is 6.83. The number of nitrogens with zero attached hydrogens (tertiary/aromatic N) is 3. The van der Waals surface area contributed by atoms with Crippen LogP contribution in [0.1, 0.15) is 0 Å². The summed E-state index contributed by atoms with van der Waals surface area (Å²) < 4.78 is 20.2. The van der Waals surface area contributed by atoms with E-state index in [-0.39, 0.29) is 0 Å². The molecule has 12 rings (SSSR count). The van der Waals surface area contributed by atoms with Crippen LogP contribution < -0.4 is 0 Å². The number of hydrogen-bond donors (Lipinski definition) is 0. The predicted octanol–water partition coefficient (Wildman–Crippen LogP) is 13.9. The minimum atomic E-state index is 0.543. The molecule has 0 spiro atoms. The Morgan fingerprint density at radius 3 is 1.21 bits per heavy atom. The monoisotopic (exact) mass is 731 g/mol. The molecule has 4 aromatic heterocycles. The lowest BCUT2D eigenvalue weighted by molar-refractivity contribution is 0.665. The summed E-state index contributed by atoms with van der Waals surface area (Å²) in [6, 6.07) is 59.6. The second kappa shape index (κ2) is 12.3. The zero-order valence-electron chi connectivity index (χ0n) is 30.3. The van der Waals surface area contributed by atoms with Gasteiger partial charge in [-0.1, -0.05) is 158 Å². The van der Waals surface area contributed by atoms with Gasteiger partial charge in [-0.05, 0) is 23.8 Å². The Hall–Kier alpha value is -7.83. The molecule has 6 nitrogen and oxygen atoms in total. The maximum atomic E-state index is 6.99. The molecule has 0 saturated heterocycles. The van der Waals surface area contributed by atoms with E-state index in [0.29, 0.717) is 23.1 Å². The molecule has 0 fully saturated rings. The summed E-state index contributed by atoms with van der Waals surface area (Å²) in [5.74, 6) is 1.74. The van der Waals surface area contributed by atoms with Crippen LogP contribution in [-0.4, -0.2) is 15.0 Å². The van der Waals surface area contributed by atoms with Gasteiger partial charge in [0.05, 0.1) is 5.56 Å². The molecular formula is C51H29N3O3.